The Labute approximate surface area is 243 Å². The lowest BCUT2D eigenvalue weighted by molar-refractivity contribution is 0.0164. The van der Waals surface area contributed by atoms with Crippen LogP contribution in [0.2, 0.25) is 0 Å². The molecule has 5 rings (SSSR count). The van der Waals surface area contributed by atoms with Crippen molar-refractivity contribution in [3.63, 3.8) is 0 Å². The van der Waals surface area contributed by atoms with Crippen LogP contribution in [0.15, 0.2) is 72.8 Å². The molecule has 0 atom stereocenters. The molecule has 1 saturated heterocycles. The van der Waals surface area contributed by atoms with Crippen LogP contribution in [-0.2, 0) is 15.9 Å². The minimum Gasteiger partial charge on any atom is -0.493 e. The molecule has 0 aromatic heterocycles. The Bertz CT molecular complexity index is 1480. The molecule has 216 valence electrons. The zero-order chi connectivity index (χ0) is 28.8. The van der Waals surface area contributed by atoms with Gasteiger partial charge in [0.25, 0.3) is 0 Å². The molecule has 1 aliphatic rings. The van der Waals surface area contributed by atoms with Crippen LogP contribution in [0.3, 0.4) is 0 Å². The lowest BCUT2D eigenvalue weighted by Gasteiger charge is -2.33. The molecular weight excluding hydrogens is 514 g/mol. The van der Waals surface area contributed by atoms with E-state index in [1.165, 1.54) is 16.2 Å². The van der Waals surface area contributed by atoms with Crippen molar-refractivity contribution < 1.29 is 23.7 Å². The number of rotatable bonds is 9. The summed E-state index contributed by atoms with van der Waals surface area (Å²) in [4.78, 5) is 14.3. The molecule has 6 nitrogen and oxygen atoms in total. The maximum Gasteiger partial charge on any atom is 0.410 e. The minimum atomic E-state index is -0.485. The SMILES string of the molecule is CCOCOc1ccc2ccccc2c1Cc1c(OCC2CCN(C(=O)OC(C)(C)C)CC2)ccc2ccccc12. The van der Waals surface area contributed by atoms with Gasteiger partial charge in [0.15, 0.2) is 6.79 Å². The number of amides is 1. The van der Waals surface area contributed by atoms with E-state index in [-0.39, 0.29) is 12.9 Å². The monoisotopic (exact) mass is 555 g/mol. The van der Waals surface area contributed by atoms with Gasteiger partial charge < -0.3 is 23.8 Å². The summed E-state index contributed by atoms with van der Waals surface area (Å²) in [5, 5.41) is 4.69. The highest BCUT2D eigenvalue weighted by Gasteiger charge is 2.27. The number of carbonyl (C=O) groups is 1. The van der Waals surface area contributed by atoms with Gasteiger partial charge in [0.2, 0.25) is 0 Å². The number of piperidine rings is 1. The summed E-state index contributed by atoms with van der Waals surface area (Å²) in [5.41, 5.74) is 1.78. The molecule has 4 aromatic rings. The molecule has 4 aromatic carbocycles. The van der Waals surface area contributed by atoms with Crippen LogP contribution >= 0.6 is 0 Å². The maximum atomic E-state index is 12.5. The van der Waals surface area contributed by atoms with Crippen molar-refractivity contribution in [2.75, 3.05) is 33.1 Å². The molecule has 0 N–H and O–H groups in total. The summed E-state index contributed by atoms with van der Waals surface area (Å²) in [5.74, 6) is 2.09. The Morgan fingerprint density at radius 3 is 1.93 bits per heavy atom. The lowest BCUT2D eigenvalue weighted by atomic mass is 9.93. The van der Waals surface area contributed by atoms with E-state index in [1.54, 1.807) is 0 Å². The van der Waals surface area contributed by atoms with Gasteiger partial charge in [0, 0.05) is 37.2 Å². The minimum absolute atomic E-state index is 0.211. The first kappa shape index (κ1) is 28.7. The van der Waals surface area contributed by atoms with Gasteiger partial charge in [-0.3, -0.25) is 0 Å². The summed E-state index contributed by atoms with van der Waals surface area (Å²) in [7, 11) is 0. The molecule has 0 aliphatic carbocycles. The third-order valence-corrected chi connectivity index (χ3v) is 7.59. The van der Waals surface area contributed by atoms with Gasteiger partial charge >= 0.3 is 6.09 Å². The van der Waals surface area contributed by atoms with Crippen molar-refractivity contribution in [1.82, 2.24) is 4.90 Å². The second-order valence-electron chi connectivity index (χ2n) is 11.7. The van der Waals surface area contributed by atoms with E-state index >= 15 is 0 Å². The fourth-order valence-electron chi connectivity index (χ4n) is 5.45. The van der Waals surface area contributed by atoms with E-state index in [9.17, 15) is 4.79 Å². The predicted molar refractivity (Wildman–Crippen MR) is 164 cm³/mol. The number of carbonyl (C=O) groups excluding carboxylic acids is 1. The van der Waals surface area contributed by atoms with Crippen molar-refractivity contribution in [3.8, 4) is 11.5 Å². The van der Waals surface area contributed by atoms with Gasteiger partial charge in [-0.1, -0.05) is 60.7 Å². The van der Waals surface area contributed by atoms with Gasteiger partial charge in [0.05, 0.1) is 6.61 Å². The summed E-state index contributed by atoms with van der Waals surface area (Å²) in [6.07, 6.45) is 2.21. The van der Waals surface area contributed by atoms with Crippen molar-refractivity contribution in [2.45, 2.75) is 52.6 Å². The molecule has 6 heteroatoms. The van der Waals surface area contributed by atoms with Gasteiger partial charge in [-0.05, 0) is 80.1 Å². The van der Waals surface area contributed by atoms with Crippen LogP contribution in [0.25, 0.3) is 21.5 Å². The molecule has 0 radical (unpaired) electrons. The fraction of sp³-hybridized carbons (Fsp3) is 0.400. The number of benzene rings is 4. The predicted octanol–water partition coefficient (Wildman–Crippen LogP) is 7.98. The third kappa shape index (κ3) is 7.12. The van der Waals surface area contributed by atoms with E-state index in [1.807, 2.05) is 38.7 Å². The average molecular weight is 556 g/mol. The zero-order valence-electron chi connectivity index (χ0n) is 24.7. The van der Waals surface area contributed by atoms with Crippen LogP contribution in [-0.4, -0.2) is 49.7 Å². The first-order valence-corrected chi connectivity index (χ1v) is 14.6. The van der Waals surface area contributed by atoms with Crippen LogP contribution in [0.5, 0.6) is 11.5 Å². The van der Waals surface area contributed by atoms with Gasteiger partial charge in [-0.2, -0.15) is 0 Å². The Balaban J connectivity index is 1.38. The maximum absolute atomic E-state index is 12.5. The first-order valence-electron chi connectivity index (χ1n) is 14.6. The molecular formula is C35H41NO5. The molecule has 1 fully saturated rings. The van der Waals surface area contributed by atoms with Crippen LogP contribution in [0.1, 0.15) is 51.7 Å². The molecule has 0 unspecified atom stereocenters. The fourth-order valence-corrected chi connectivity index (χ4v) is 5.45. The smallest absolute Gasteiger partial charge is 0.410 e. The van der Waals surface area contributed by atoms with E-state index in [4.69, 9.17) is 18.9 Å². The number of fused-ring (bicyclic) bond motifs is 2. The quantitative estimate of drug-likeness (QED) is 0.155. The van der Waals surface area contributed by atoms with Crippen molar-refractivity contribution in [1.29, 1.82) is 0 Å². The molecule has 0 saturated carbocycles. The third-order valence-electron chi connectivity index (χ3n) is 7.59. The molecule has 0 spiro atoms. The molecule has 1 amide bonds. The van der Waals surface area contributed by atoms with E-state index < -0.39 is 5.60 Å². The summed E-state index contributed by atoms with van der Waals surface area (Å²) in [6.45, 7) is 10.5. The Morgan fingerprint density at radius 1 is 0.805 bits per heavy atom. The first-order chi connectivity index (χ1) is 19.8. The Morgan fingerprint density at radius 2 is 1.37 bits per heavy atom. The summed E-state index contributed by atoms with van der Waals surface area (Å²) >= 11 is 0. The van der Waals surface area contributed by atoms with Gasteiger partial charge in [0.1, 0.15) is 17.1 Å². The van der Waals surface area contributed by atoms with E-state index in [0.717, 1.165) is 40.9 Å². The van der Waals surface area contributed by atoms with Gasteiger partial charge in [-0.15, -0.1) is 0 Å². The second-order valence-corrected chi connectivity index (χ2v) is 11.7. The Kier molecular flexibility index (Phi) is 8.99. The second kappa shape index (κ2) is 12.8. The molecule has 0 bridgehead atoms. The summed E-state index contributed by atoms with van der Waals surface area (Å²) in [6, 6.07) is 25.3. The number of ether oxygens (including phenoxy) is 4. The normalized spacial score (nSPS) is 14.4. The highest BCUT2D eigenvalue weighted by molar-refractivity contribution is 5.91. The lowest BCUT2D eigenvalue weighted by Crippen LogP contribution is -2.42. The highest BCUT2D eigenvalue weighted by Crippen LogP contribution is 2.36. The van der Waals surface area contributed by atoms with Crippen molar-refractivity contribution in [3.05, 3.63) is 83.9 Å². The van der Waals surface area contributed by atoms with Crippen molar-refractivity contribution >= 4 is 27.6 Å². The standard InChI is InChI=1S/C35H41NO5/c1-5-38-24-40-33-17-15-27-11-7-9-13-29(27)31(33)22-30-28-12-8-6-10-26(28)14-16-32(30)39-23-25-18-20-36(21-19-25)34(37)41-35(2,3)4/h6-17,25H,5,18-24H2,1-4H3. The van der Waals surface area contributed by atoms with E-state index in [0.29, 0.717) is 38.6 Å². The van der Waals surface area contributed by atoms with Crippen LogP contribution in [0, 0.1) is 5.92 Å². The van der Waals surface area contributed by atoms with Gasteiger partial charge in [-0.25, -0.2) is 4.79 Å². The topological polar surface area (TPSA) is 57.2 Å². The average Bonchev–Trinajstić information content (AvgIpc) is 2.97. The highest BCUT2D eigenvalue weighted by atomic mass is 16.7. The molecule has 1 aliphatic heterocycles. The zero-order valence-corrected chi connectivity index (χ0v) is 24.7. The summed E-state index contributed by atoms with van der Waals surface area (Å²) < 4.78 is 23.8. The van der Waals surface area contributed by atoms with Crippen molar-refractivity contribution in [2.24, 2.45) is 5.92 Å². The van der Waals surface area contributed by atoms with E-state index in [2.05, 4.69) is 66.7 Å². The van der Waals surface area contributed by atoms with Crippen LogP contribution in [0.4, 0.5) is 4.79 Å². The largest absolute Gasteiger partial charge is 0.493 e. The molecule has 41 heavy (non-hydrogen) atoms. The molecule has 1 heterocycles. The number of likely N-dealkylation sites (tertiary alicyclic amines) is 1. The Hall–Kier alpha value is -3.77. The number of hydrogen-bond acceptors (Lipinski definition) is 5. The van der Waals surface area contributed by atoms with Crippen LogP contribution < -0.4 is 9.47 Å². The number of hydrogen-bond donors (Lipinski definition) is 0. The number of nitrogens with zero attached hydrogens (tertiary/aromatic N) is 1.